The fourth-order valence-corrected chi connectivity index (χ4v) is 5.89. The normalized spacial score (nSPS) is 16.2. The van der Waals surface area contributed by atoms with Crippen molar-refractivity contribution in [1.82, 2.24) is 0 Å². The number of hydrogen-bond donors (Lipinski definition) is 2. The highest BCUT2D eigenvalue weighted by atomic mass is 16.4. The first-order chi connectivity index (χ1) is 22.1. The monoisotopic (exact) mass is 618 g/mol. The van der Waals surface area contributed by atoms with Crippen LogP contribution in [0.3, 0.4) is 0 Å². The topological polar surface area (TPSA) is 141 Å². The van der Waals surface area contributed by atoms with E-state index in [0.29, 0.717) is 16.9 Å². The number of hydrogen-bond acceptors (Lipinski definition) is 5. The van der Waals surface area contributed by atoms with Crippen molar-refractivity contribution in [2.24, 2.45) is 5.73 Å². The Morgan fingerprint density at radius 1 is 0.804 bits per heavy atom. The van der Waals surface area contributed by atoms with Crippen molar-refractivity contribution in [2.75, 3.05) is 21.2 Å². The smallest absolute Gasteiger partial charge is 0.303 e. The van der Waals surface area contributed by atoms with Crippen molar-refractivity contribution in [3.63, 3.8) is 0 Å². The maximum Gasteiger partial charge on any atom is 0.303 e. The van der Waals surface area contributed by atoms with Crippen LogP contribution >= 0.6 is 0 Å². The van der Waals surface area contributed by atoms with Crippen LogP contribution in [0.4, 0.5) is 22.7 Å². The Hall–Kier alpha value is -5.77. The average Bonchev–Trinajstić information content (AvgIpc) is 3.12. The van der Waals surface area contributed by atoms with Crippen molar-refractivity contribution in [1.29, 1.82) is 0 Å². The van der Waals surface area contributed by atoms with Crippen LogP contribution in [-0.2, 0) is 35.8 Å². The van der Waals surface area contributed by atoms with Crippen LogP contribution in [0.1, 0.15) is 31.4 Å². The fraction of sp³-hybridized carbons (Fsp3) is 0.194. The standard InChI is InChI=1S/C36H34N4O6/c1-24(2)39(27-14-5-3-6-15-27)31(41)23-38-29-18-9-10-19-30(29)40(28-16-7-4-8-17-28)35(46)36(33(37)44,34(38)45)26-13-11-12-25(22-26)20-21-32(42)43/h3-19,22,24H,20-21,23H2,1-2H3,(H2,37,44)(H,42,43). The number of carboxylic acid groups (broad SMARTS) is 1. The van der Waals surface area contributed by atoms with Crippen LogP contribution in [0.5, 0.6) is 0 Å². The number of carbonyl (C=O) groups is 5. The van der Waals surface area contributed by atoms with Gasteiger partial charge in [-0.25, -0.2) is 0 Å². The van der Waals surface area contributed by atoms with Gasteiger partial charge in [0.15, 0.2) is 0 Å². The number of carboxylic acids is 1. The molecular weight excluding hydrogens is 584 g/mol. The van der Waals surface area contributed by atoms with Crippen molar-refractivity contribution < 1.29 is 29.1 Å². The van der Waals surface area contributed by atoms with Crippen LogP contribution in [0.2, 0.25) is 0 Å². The summed E-state index contributed by atoms with van der Waals surface area (Å²) in [5.41, 5.74) is 5.47. The Balaban J connectivity index is 1.75. The molecule has 46 heavy (non-hydrogen) atoms. The van der Waals surface area contributed by atoms with Crippen molar-refractivity contribution >= 4 is 52.3 Å². The maximum atomic E-state index is 15.0. The first-order valence-electron chi connectivity index (χ1n) is 14.9. The second kappa shape index (κ2) is 13.1. The number of aliphatic carboxylic acids is 1. The minimum atomic E-state index is -2.61. The van der Waals surface area contributed by atoms with Gasteiger partial charge < -0.3 is 15.7 Å². The van der Waals surface area contributed by atoms with Gasteiger partial charge >= 0.3 is 5.97 Å². The number of carbonyl (C=O) groups excluding carboxylic acids is 4. The minimum absolute atomic E-state index is 0.0205. The molecule has 0 radical (unpaired) electrons. The molecule has 1 unspecified atom stereocenters. The van der Waals surface area contributed by atoms with Gasteiger partial charge in [-0.15, -0.1) is 0 Å². The highest BCUT2D eigenvalue weighted by molar-refractivity contribution is 6.37. The number of primary amides is 1. The Morgan fingerprint density at radius 2 is 1.41 bits per heavy atom. The highest BCUT2D eigenvalue weighted by Crippen LogP contribution is 2.44. The van der Waals surface area contributed by atoms with Gasteiger partial charge in [-0.2, -0.15) is 0 Å². The number of aryl methyl sites for hydroxylation is 1. The predicted octanol–water partition coefficient (Wildman–Crippen LogP) is 4.58. The zero-order valence-corrected chi connectivity index (χ0v) is 25.5. The van der Waals surface area contributed by atoms with Gasteiger partial charge in [-0.1, -0.05) is 72.8 Å². The van der Waals surface area contributed by atoms with E-state index in [4.69, 9.17) is 5.73 Å². The summed E-state index contributed by atoms with van der Waals surface area (Å²) in [6.07, 6.45) is -0.118. The van der Waals surface area contributed by atoms with Gasteiger partial charge in [-0.05, 0) is 67.8 Å². The van der Waals surface area contributed by atoms with Crippen LogP contribution in [0.25, 0.3) is 0 Å². The first-order valence-corrected chi connectivity index (χ1v) is 14.9. The summed E-state index contributed by atoms with van der Waals surface area (Å²) < 4.78 is 0. The quantitative estimate of drug-likeness (QED) is 0.249. The molecule has 1 aliphatic rings. The van der Waals surface area contributed by atoms with E-state index < -0.39 is 41.6 Å². The molecule has 0 saturated heterocycles. The number of nitrogens with two attached hydrogens (primary N) is 1. The Labute approximate surface area is 266 Å². The lowest BCUT2D eigenvalue weighted by Crippen LogP contribution is -2.62. The van der Waals surface area contributed by atoms with E-state index >= 15 is 4.79 Å². The van der Waals surface area contributed by atoms with E-state index in [1.165, 1.54) is 17.0 Å². The maximum absolute atomic E-state index is 15.0. The molecule has 0 spiro atoms. The molecule has 0 saturated carbocycles. The molecule has 1 heterocycles. The molecule has 0 bridgehead atoms. The van der Waals surface area contributed by atoms with Crippen LogP contribution in [-0.4, -0.2) is 47.3 Å². The summed E-state index contributed by atoms with van der Waals surface area (Å²) in [6.45, 7) is 3.19. The van der Waals surface area contributed by atoms with Gasteiger partial charge in [0.05, 0.1) is 11.4 Å². The Morgan fingerprint density at radius 3 is 2.02 bits per heavy atom. The molecule has 3 N–H and O–H groups in total. The molecule has 4 aromatic rings. The molecular formula is C36H34N4O6. The zero-order valence-electron chi connectivity index (χ0n) is 25.5. The summed E-state index contributed by atoms with van der Waals surface area (Å²) in [7, 11) is 0. The molecule has 10 heteroatoms. The number of benzene rings is 4. The number of nitrogens with zero attached hydrogens (tertiary/aromatic N) is 3. The second-order valence-corrected chi connectivity index (χ2v) is 11.3. The number of anilines is 4. The van der Waals surface area contributed by atoms with Crippen molar-refractivity contribution in [3.05, 3.63) is 120 Å². The third kappa shape index (κ3) is 5.72. The van der Waals surface area contributed by atoms with E-state index in [0.717, 1.165) is 4.90 Å². The predicted molar refractivity (Wildman–Crippen MR) is 175 cm³/mol. The third-order valence-electron chi connectivity index (χ3n) is 7.99. The molecule has 0 fully saturated rings. The van der Waals surface area contributed by atoms with Crippen LogP contribution in [0, 0.1) is 0 Å². The average molecular weight is 619 g/mol. The summed E-state index contributed by atoms with van der Waals surface area (Å²) >= 11 is 0. The molecule has 10 nitrogen and oxygen atoms in total. The summed E-state index contributed by atoms with van der Waals surface area (Å²) in [4.78, 5) is 73.2. The zero-order chi connectivity index (χ0) is 33.0. The Kier molecular flexibility index (Phi) is 8.99. The SMILES string of the molecule is CC(C)N(C(=O)CN1C(=O)C(C(N)=O)(c2cccc(CCC(=O)O)c2)C(=O)N(c2ccccc2)c2ccccc21)c1ccccc1. The van der Waals surface area contributed by atoms with Gasteiger partial charge in [0.25, 0.3) is 11.8 Å². The number of amides is 4. The van der Waals surface area contributed by atoms with Gasteiger partial charge in [0.2, 0.25) is 17.2 Å². The van der Waals surface area contributed by atoms with Crippen molar-refractivity contribution in [3.8, 4) is 0 Å². The molecule has 5 rings (SSSR count). The molecule has 4 amide bonds. The van der Waals surface area contributed by atoms with E-state index in [1.54, 1.807) is 95.9 Å². The lowest BCUT2D eigenvalue weighted by atomic mass is 9.76. The number of fused-ring (bicyclic) bond motifs is 1. The largest absolute Gasteiger partial charge is 0.481 e. The molecule has 1 aliphatic heterocycles. The van der Waals surface area contributed by atoms with Crippen LogP contribution in [0.15, 0.2) is 109 Å². The van der Waals surface area contributed by atoms with E-state index in [2.05, 4.69) is 0 Å². The third-order valence-corrected chi connectivity index (χ3v) is 7.99. The molecule has 0 aromatic heterocycles. The summed E-state index contributed by atoms with van der Waals surface area (Å²) in [5, 5.41) is 9.27. The van der Waals surface area contributed by atoms with Crippen molar-refractivity contribution in [2.45, 2.75) is 38.1 Å². The molecule has 1 atom stereocenters. The molecule has 4 aromatic carbocycles. The number of rotatable bonds is 10. The minimum Gasteiger partial charge on any atom is -0.481 e. The van der Waals surface area contributed by atoms with Gasteiger partial charge in [0.1, 0.15) is 6.54 Å². The van der Waals surface area contributed by atoms with Gasteiger partial charge in [0, 0.05) is 23.8 Å². The first kappa shape index (κ1) is 31.6. The Bertz CT molecular complexity index is 1790. The molecule has 234 valence electrons. The van der Waals surface area contributed by atoms with Crippen LogP contribution < -0.4 is 20.4 Å². The van der Waals surface area contributed by atoms with E-state index in [9.17, 15) is 24.3 Å². The lowest BCUT2D eigenvalue weighted by molar-refractivity contribution is -0.142. The second-order valence-electron chi connectivity index (χ2n) is 11.3. The number of para-hydroxylation sites is 4. The van der Waals surface area contributed by atoms with E-state index in [1.807, 2.05) is 19.9 Å². The fourth-order valence-electron chi connectivity index (χ4n) is 5.89. The highest BCUT2D eigenvalue weighted by Gasteiger charge is 2.60. The van der Waals surface area contributed by atoms with Gasteiger partial charge in [-0.3, -0.25) is 33.8 Å². The lowest BCUT2D eigenvalue weighted by Gasteiger charge is -2.34. The summed E-state index contributed by atoms with van der Waals surface area (Å²) in [6, 6.07) is 30.0. The molecule has 0 aliphatic carbocycles. The van der Waals surface area contributed by atoms with E-state index in [-0.39, 0.29) is 35.8 Å². The summed E-state index contributed by atoms with van der Waals surface area (Å²) in [5.74, 6) is -4.61.